The molecule has 0 amide bonds. The van der Waals surface area contributed by atoms with Crippen molar-refractivity contribution >= 4 is 29.2 Å². The van der Waals surface area contributed by atoms with E-state index in [4.69, 9.17) is 28.5 Å². The Hall–Kier alpha value is -2.30. The summed E-state index contributed by atoms with van der Waals surface area (Å²) >= 11 is 11.8. The molecule has 0 saturated carbocycles. The predicted octanol–water partition coefficient (Wildman–Crippen LogP) is 4.73. The summed E-state index contributed by atoms with van der Waals surface area (Å²) in [5, 5.41) is 8.60. The summed E-state index contributed by atoms with van der Waals surface area (Å²) in [6.45, 7) is 0. The smallest absolute Gasteiger partial charge is 0.417 e. The van der Waals surface area contributed by atoms with Crippen molar-refractivity contribution in [2.45, 2.75) is 6.18 Å². The molecule has 9 heteroatoms. The van der Waals surface area contributed by atoms with Crippen LogP contribution >= 0.6 is 23.2 Å². The number of nitriles is 1. The molecule has 1 aromatic heterocycles. The number of nitrogens with zero attached hydrogens (tertiary/aromatic N) is 2. The van der Waals surface area contributed by atoms with Crippen LogP contribution in [-0.2, 0) is 10.9 Å². The molecule has 0 fully saturated rings. The van der Waals surface area contributed by atoms with Gasteiger partial charge in [-0.2, -0.15) is 18.4 Å². The Bertz CT molecular complexity index is 861. The van der Waals surface area contributed by atoms with Crippen molar-refractivity contribution in [2.75, 3.05) is 7.11 Å². The van der Waals surface area contributed by atoms with Crippen LogP contribution in [-0.4, -0.2) is 18.1 Å². The van der Waals surface area contributed by atoms with Crippen molar-refractivity contribution in [1.29, 1.82) is 5.26 Å². The van der Waals surface area contributed by atoms with Gasteiger partial charge in [-0.15, -0.1) is 0 Å². The van der Waals surface area contributed by atoms with Crippen LogP contribution in [0.4, 0.5) is 13.2 Å². The molecule has 0 radical (unpaired) electrons. The number of aromatic nitrogens is 1. The first-order valence-electron chi connectivity index (χ1n) is 6.25. The number of rotatable bonds is 2. The van der Waals surface area contributed by atoms with Crippen molar-refractivity contribution in [3.63, 3.8) is 0 Å². The molecule has 0 unspecified atom stereocenters. The number of benzene rings is 1. The normalized spacial score (nSPS) is 11.0. The highest BCUT2D eigenvalue weighted by molar-refractivity contribution is 6.35. The minimum absolute atomic E-state index is 0.00846. The highest BCUT2D eigenvalue weighted by Gasteiger charge is 2.35. The zero-order chi connectivity index (χ0) is 18.1. The van der Waals surface area contributed by atoms with Gasteiger partial charge >= 0.3 is 12.1 Å². The highest BCUT2D eigenvalue weighted by atomic mass is 35.5. The van der Waals surface area contributed by atoms with Crippen molar-refractivity contribution in [3.05, 3.63) is 51.1 Å². The van der Waals surface area contributed by atoms with E-state index in [1.165, 1.54) is 18.2 Å². The summed E-state index contributed by atoms with van der Waals surface area (Å²) in [5.41, 5.74) is -1.96. The number of ether oxygens (including phenoxy) is 1. The minimum atomic E-state index is -4.72. The third kappa shape index (κ3) is 3.30. The van der Waals surface area contributed by atoms with E-state index in [1.54, 1.807) is 0 Å². The monoisotopic (exact) mass is 374 g/mol. The van der Waals surface area contributed by atoms with E-state index in [0.29, 0.717) is 0 Å². The first-order chi connectivity index (χ1) is 11.2. The molecule has 1 aromatic carbocycles. The summed E-state index contributed by atoms with van der Waals surface area (Å²) < 4.78 is 43.3. The number of esters is 1. The van der Waals surface area contributed by atoms with Crippen molar-refractivity contribution in [1.82, 2.24) is 4.98 Å². The van der Waals surface area contributed by atoms with Crippen molar-refractivity contribution in [3.8, 4) is 17.3 Å². The third-order valence-electron chi connectivity index (χ3n) is 3.06. The van der Waals surface area contributed by atoms with Gasteiger partial charge < -0.3 is 4.74 Å². The maximum absolute atomic E-state index is 12.9. The first-order valence-corrected chi connectivity index (χ1v) is 7.01. The number of alkyl halides is 3. The van der Waals surface area contributed by atoms with Crippen LogP contribution in [0.25, 0.3) is 11.3 Å². The van der Waals surface area contributed by atoms with Gasteiger partial charge in [-0.25, -0.2) is 9.78 Å². The Morgan fingerprint density at radius 1 is 1.25 bits per heavy atom. The van der Waals surface area contributed by atoms with Gasteiger partial charge in [0.1, 0.15) is 6.07 Å². The Labute approximate surface area is 144 Å². The zero-order valence-corrected chi connectivity index (χ0v) is 13.4. The predicted molar refractivity (Wildman–Crippen MR) is 80.7 cm³/mol. The van der Waals surface area contributed by atoms with Gasteiger partial charge in [-0.05, 0) is 18.2 Å². The van der Waals surface area contributed by atoms with Gasteiger partial charge in [-0.1, -0.05) is 29.3 Å². The van der Waals surface area contributed by atoms with E-state index in [-0.39, 0.29) is 22.0 Å². The average Bonchev–Trinajstić information content (AvgIpc) is 2.53. The van der Waals surface area contributed by atoms with Gasteiger partial charge in [0, 0.05) is 5.56 Å². The summed E-state index contributed by atoms with van der Waals surface area (Å²) in [6.07, 6.45) is -4.72. The fraction of sp³-hybridized carbons (Fsp3) is 0.133. The number of carbonyl (C=O) groups is 1. The maximum atomic E-state index is 12.9. The van der Waals surface area contributed by atoms with E-state index < -0.39 is 28.3 Å². The molecular formula is C15H7Cl2F3N2O2. The summed E-state index contributed by atoms with van der Waals surface area (Å²) in [6, 6.07) is 5.94. The number of carbonyl (C=O) groups excluding carboxylic acids is 1. The highest BCUT2D eigenvalue weighted by Crippen LogP contribution is 2.39. The van der Waals surface area contributed by atoms with E-state index in [2.05, 4.69) is 9.72 Å². The molecule has 0 atom stereocenters. The van der Waals surface area contributed by atoms with Crippen molar-refractivity contribution < 1.29 is 22.7 Å². The minimum Gasteiger partial charge on any atom is -0.464 e. The van der Waals surface area contributed by atoms with Gasteiger partial charge in [0.05, 0.1) is 34.0 Å². The molecule has 1 heterocycles. The van der Waals surface area contributed by atoms with Crippen molar-refractivity contribution in [2.24, 2.45) is 0 Å². The molecule has 24 heavy (non-hydrogen) atoms. The quantitative estimate of drug-likeness (QED) is 0.712. The lowest BCUT2D eigenvalue weighted by molar-refractivity contribution is -0.137. The molecular weight excluding hydrogens is 368 g/mol. The van der Waals surface area contributed by atoms with Crippen LogP contribution in [0, 0.1) is 11.3 Å². The van der Waals surface area contributed by atoms with Gasteiger partial charge in [-0.3, -0.25) is 0 Å². The molecule has 0 N–H and O–H groups in total. The fourth-order valence-corrected chi connectivity index (χ4v) is 2.44. The molecule has 4 nitrogen and oxygen atoms in total. The van der Waals surface area contributed by atoms with Gasteiger partial charge in [0.25, 0.3) is 0 Å². The molecule has 0 aliphatic heterocycles. The van der Waals surface area contributed by atoms with Gasteiger partial charge in [0.15, 0.2) is 5.69 Å². The van der Waals surface area contributed by atoms with Crippen LogP contribution in [0.5, 0.6) is 0 Å². The Morgan fingerprint density at radius 2 is 1.92 bits per heavy atom. The second-order valence-electron chi connectivity index (χ2n) is 4.48. The summed E-state index contributed by atoms with van der Waals surface area (Å²) in [5.74, 6) is -0.814. The first kappa shape index (κ1) is 18.0. The molecule has 0 aliphatic carbocycles. The van der Waals surface area contributed by atoms with E-state index >= 15 is 0 Å². The van der Waals surface area contributed by atoms with Crippen LogP contribution in [0.15, 0.2) is 24.3 Å². The molecule has 0 saturated heterocycles. The Balaban J connectivity index is 2.67. The van der Waals surface area contributed by atoms with E-state index in [0.717, 1.165) is 19.2 Å². The average molecular weight is 375 g/mol. The molecule has 0 bridgehead atoms. The van der Waals surface area contributed by atoms with Crippen LogP contribution in [0.2, 0.25) is 10.0 Å². The number of pyridine rings is 1. The largest absolute Gasteiger partial charge is 0.464 e. The lowest BCUT2D eigenvalue weighted by atomic mass is 10.0. The van der Waals surface area contributed by atoms with E-state index in [9.17, 15) is 18.0 Å². The van der Waals surface area contributed by atoms with E-state index in [1.807, 2.05) is 0 Å². The Morgan fingerprint density at radius 3 is 2.46 bits per heavy atom. The molecule has 2 rings (SSSR count). The maximum Gasteiger partial charge on any atom is 0.417 e. The Kier molecular flexibility index (Phi) is 5.02. The number of hydrogen-bond donors (Lipinski definition) is 0. The summed E-state index contributed by atoms with van der Waals surface area (Å²) in [4.78, 5) is 15.6. The molecule has 2 aromatic rings. The second kappa shape index (κ2) is 6.67. The number of hydrogen-bond acceptors (Lipinski definition) is 4. The number of methoxy groups -OCH3 is 1. The topological polar surface area (TPSA) is 63.0 Å². The van der Waals surface area contributed by atoms with Gasteiger partial charge in [0.2, 0.25) is 0 Å². The zero-order valence-electron chi connectivity index (χ0n) is 11.9. The SMILES string of the molecule is COC(=O)c1nc(-c2ccc(C(F)(F)F)c(C#N)c2Cl)ccc1Cl. The number of halogens is 5. The lowest BCUT2D eigenvalue weighted by Gasteiger charge is -2.13. The standard InChI is InChI=1S/C15H7Cl2F3N2O2/c1-24-14(23)13-10(16)4-5-11(22-13)7-2-3-9(15(18,19)20)8(6-21)12(7)17/h2-5H,1H3. The molecule has 0 aliphatic rings. The summed E-state index contributed by atoms with van der Waals surface area (Å²) in [7, 11) is 1.13. The van der Waals surface area contributed by atoms with Crippen LogP contribution in [0.1, 0.15) is 21.6 Å². The molecule has 124 valence electrons. The fourth-order valence-electron chi connectivity index (χ4n) is 1.95. The van der Waals surface area contributed by atoms with Crippen LogP contribution < -0.4 is 0 Å². The second-order valence-corrected chi connectivity index (χ2v) is 5.26. The molecule has 0 spiro atoms. The van der Waals surface area contributed by atoms with Crippen LogP contribution in [0.3, 0.4) is 0 Å². The lowest BCUT2D eigenvalue weighted by Crippen LogP contribution is -2.09. The third-order valence-corrected chi connectivity index (χ3v) is 3.76.